The zero-order valence-corrected chi connectivity index (χ0v) is 18.6. The summed E-state index contributed by atoms with van der Waals surface area (Å²) < 4.78 is 26.3. The molecule has 1 atom stereocenters. The summed E-state index contributed by atoms with van der Waals surface area (Å²) in [6, 6.07) is 10.8. The average molecular weight is 453 g/mol. The molecule has 1 amide bonds. The quantitative estimate of drug-likeness (QED) is 0.719. The second-order valence-electron chi connectivity index (χ2n) is 6.83. The van der Waals surface area contributed by atoms with E-state index in [-0.39, 0.29) is 18.5 Å². The molecule has 146 valence electrons. The fraction of sp³-hybridized carbons (Fsp3) is 0.350. The second-order valence-corrected chi connectivity index (χ2v) is 9.65. The number of amides is 1. The number of carbonyl (C=O) groups excluding carboxylic acids is 1. The van der Waals surface area contributed by atoms with Gasteiger partial charge in [0.05, 0.1) is 18.0 Å². The van der Waals surface area contributed by atoms with E-state index in [1.54, 1.807) is 24.3 Å². The van der Waals surface area contributed by atoms with Crippen LogP contribution in [0.4, 0.5) is 5.69 Å². The molecule has 0 bridgehead atoms. The molecule has 0 aliphatic heterocycles. The van der Waals surface area contributed by atoms with E-state index in [1.165, 1.54) is 5.56 Å². The summed E-state index contributed by atoms with van der Waals surface area (Å²) in [5, 5.41) is 2.91. The standard InChI is InChI=1S/C20H25BrN2O3S/c1-13-10-15(3)19(11-14(13)2)16(4)22-20(24)12-23(27(5,25)26)18-8-6-17(21)7-9-18/h6-11,16H,12H2,1-5H3,(H,22,24)/t16-/m1/s1. The van der Waals surface area contributed by atoms with Crippen molar-refractivity contribution < 1.29 is 13.2 Å². The molecule has 2 aromatic carbocycles. The first-order valence-corrected chi connectivity index (χ1v) is 11.2. The number of anilines is 1. The SMILES string of the molecule is Cc1cc(C)c([C@@H](C)NC(=O)CN(c2ccc(Br)cc2)S(C)(=O)=O)cc1C. The molecule has 7 heteroatoms. The predicted octanol–water partition coefficient (Wildman–Crippen LogP) is 4.02. The van der Waals surface area contributed by atoms with E-state index < -0.39 is 10.0 Å². The van der Waals surface area contributed by atoms with Gasteiger partial charge in [0, 0.05) is 4.47 Å². The average Bonchev–Trinajstić information content (AvgIpc) is 2.56. The number of halogens is 1. The van der Waals surface area contributed by atoms with Crippen molar-refractivity contribution in [1.82, 2.24) is 5.32 Å². The Hall–Kier alpha value is -1.86. The van der Waals surface area contributed by atoms with Crippen molar-refractivity contribution in [1.29, 1.82) is 0 Å². The summed E-state index contributed by atoms with van der Waals surface area (Å²) in [6.45, 7) is 7.73. The smallest absolute Gasteiger partial charge is 0.241 e. The van der Waals surface area contributed by atoms with Gasteiger partial charge >= 0.3 is 0 Å². The van der Waals surface area contributed by atoms with Gasteiger partial charge in [0.25, 0.3) is 0 Å². The second kappa shape index (κ2) is 8.44. The van der Waals surface area contributed by atoms with E-state index in [1.807, 2.05) is 20.8 Å². The molecule has 1 N–H and O–H groups in total. The minimum Gasteiger partial charge on any atom is -0.348 e. The molecule has 0 aliphatic carbocycles. The molecule has 0 aliphatic rings. The normalized spacial score (nSPS) is 12.5. The number of nitrogens with zero attached hydrogens (tertiary/aromatic N) is 1. The minimum absolute atomic E-state index is 0.219. The van der Waals surface area contributed by atoms with E-state index in [9.17, 15) is 13.2 Å². The molecule has 0 fully saturated rings. The molecule has 0 aromatic heterocycles. The number of aryl methyl sites for hydroxylation is 3. The first-order chi connectivity index (χ1) is 12.5. The Labute approximate surface area is 170 Å². The maximum Gasteiger partial charge on any atom is 0.241 e. The summed E-state index contributed by atoms with van der Waals surface area (Å²) in [6.07, 6.45) is 1.10. The van der Waals surface area contributed by atoms with Crippen LogP contribution in [0.3, 0.4) is 0 Å². The molecule has 0 saturated heterocycles. The van der Waals surface area contributed by atoms with Crippen LogP contribution in [-0.2, 0) is 14.8 Å². The third-order valence-corrected chi connectivity index (χ3v) is 6.20. The van der Waals surface area contributed by atoms with Crippen molar-refractivity contribution >= 4 is 37.5 Å². The molecular weight excluding hydrogens is 428 g/mol. The Morgan fingerprint density at radius 1 is 1.07 bits per heavy atom. The molecule has 0 radical (unpaired) electrons. The largest absolute Gasteiger partial charge is 0.348 e. The maximum atomic E-state index is 12.6. The number of nitrogens with one attached hydrogen (secondary N) is 1. The van der Waals surface area contributed by atoms with Crippen LogP contribution in [-0.4, -0.2) is 27.1 Å². The van der Waals surface area contributed by atoms with Gasteiger partial charge in [0.15, 0.2) is 0 Å². The van der Waals surface area contributed by atoms with Crippen LogP contribution in [0.25, 0.3) is 0 Å². The van der Waals surface area contributed by atoms with Crippen LogP contribution in [0.15, 0.2) is 40.9 Å². The summed E-state index contributed by atoms with van der Waals surface area (Å²) in [4.78, 5) is 12.6. The van der Waals surface area contributed by atoms with Gasteiger partial charge in [-0.3, -0.25) is 9.10 Å². The maximum absolute atomic E-state index is 12.6. The van der Waals surface area contributed by atoms with E-state index >= 15 is 0 Å². The van der Waals surface area contributed by atoms with Gasteiger partial charge in [-0.25, -0.2) is 8.42 Å². The number of hydrogen-bond acceptors (Lipinski definition) is 3. The van der Waals surface area contributed by atoms with E-state index in [4.69, 9.17) is 0 Å². The van der Waals surface area contributed by atoms with E-state index in [0.29, 0.717) is 5.69 Å². The van der Waals surface area contributed by atoms with Gasteiger partial charge < -0.3 is 5.32 Å². The van der Waals surface area contributed by atoms with Gasteiger partial charge in [0.1, 0.15) is 6.54 Å². The van der Waals surface area contributed by atoms with Crippen molar-refractivity contribution in [3.05, 3.63) is 63.1 Å². The van der Waals surface area contributed by atoms with Crippen LogP contribution in [0.5, 0.6) is 0 Å². The topological polar surface area (TPSA) is 66.5 Å². The minimum atomic E-state index is -3.59. The molecule has 0 unspecified atom stereocenters. The third-order valence-electron chi connectivity index (χ3n) is 4.53. The van der Waals surface area contributed by atoms with Gasteiger partial charge in [0.2, 0.25) is 15.9 Å². The first-order valence-electron chi connectivity index (χ1n) is 8.59. The monoisotopic (exact) mass is 452 g/mol. The Balaban J connectivity index is 2.19. The molecule has 0 heterocycles. The fourth-order valence-electron chi connectivity index (χ4n) is 2.95. The molecule has 5 nitrogen and oxygen atoms in total. The van der Waals surface area contributed by atoms with E-state index in [2.05, 4.69) is 40.3 Å². The van der Waals surface area contributed by atoms with Crippen LogP contribution in [0.1, 0.15) is 35.2 Å². The lowest BCUT2D eigenvalue weighted by Gasteiger charge is -2.24. The number of hydrogen-bond donors (Lipinski definition) is 1. The van der Waals surface area contributed by atoms with Crippen molar-refractivity contribution in [2.75, 3.05) is 17.1 Å². The number of benzene rings is 2. The first kappa shape index (κ1) is 21.4. The zero-order valence-electron chi connectivity index (χ0n) is 16.2. The number of rotatable bonds is 6. The third kappa shape index (κ3) is 5.56. The van der Waals surface area contributed by atoms with Crippen LogP contribution < -0.4 is 9.62 Å². The molecule has 2 aromatic rings. The molecule has 0 spiro atoms. The van der Waals surface area contributed by atoms with Gasteiger partial charge in [-0.05, 0) is 74.2 Å². The lowest BCUT2D eigenvalue weighted by molar-refractivity contribution is -0.120. The number of sulfonamides is 1. The highest BCUT2D eigenvalue weighted by molar-refractivity contribution is 9.10. The highest BCUT2D eigenvalue weighted by Gasteiger charge is 2.22. The van der Waals surface area contributed by atoms with Gasteiger partial charge in [-0.15, -0.1) is 0 Å². The molecule has 2 rings (SSSR count). The Morgan fingerprint density at radius 2 is 1.63 bits per heavy atom. The summed E-state index contributed by atoms with van der Waals surface area (Å²) >= 11 is 3.32. The van der Waals surface area contributed by atoms with Gasteiger partial charge in [-0.2, -0.15) is 0 Å². The Bertz CT molecular complexity index is 940. The van der Waals surface area contributed by atoms with Crippen molar-refractivity contribution in [2.45, 2.75) is 33.7 Å². The van der Waals surface area contributed by atoms with E-state index in [0.717, 1.165) is 31.7 Å². The van der Waals surface area contributed by atoms with Crippen molar-refractivity contribution in [2.24, 2.45) is 0 Å². The summed E-state index contributed by atoms with van der Waals surface area (Å²) in [5.74, 6) is -0.353. The van der Waals surface area contributed by atoms with Gasteiger partial charge in [-0.1, -0.05) is 28.1 Å². The lowest BCUT2D eigenvalue weighted by Crippen LogP contribution is -2.41. The molecule has 27 heavy (non-hydrogen) atoms. The lowest BCUT2D eigenvalue weighted by atomic mass is 9.96. The van der Waals surface area contributed by atoms with Crippen LogP contribution in [0.2, 0.25) is 0 Å². The Kier molecular flexibility index (Phi) is 6.70. The zero-order chi connectivity index (χ0) is 20.4. The molecule has 0 saturated carbocycles. The summed E-state index contributed by atoms with van der Waals surface area (Å²) in [7, 11) is -3.59. The summed E-state index contributed by atoms with van der Waals surface area (Å²) in [5.41, 5.74) is 4.93. The number of carbonyl (C=O) groups is 1. The van der Waals surface area contributed by atoms with Crippen LogP contribution in [0, 0.1) is 20.8 Å². The van der Waals surface area contributed by atoms with Crippen LogP contribution >= 0.6 is 15.9 Å². The highest BCUT2D eigenvalue weighted by Crippen LogP contribution is 2.23. The highest BCUT2D eigenvalue weighted by atomic mass is 79.9. The van der Waals surface area contributed by atoms with Crippen molar-refractivity contribution in [3.8, 4) is 0 Å². The van der Waals surface area contributed by atoms with Crippen molar-refractivity contribution in [3.63, 3.8) is 0 Å². The predicted molar refractivity (Wildman–Crippen MR) is 114 cm³/mol. The molecular formula is C20H25BrN2O3S. The fourth-order valence-corrected chi connectivity index (χ4v) is 4.07. The Morgan fingerprint density at radius 3 is 2.19 bits per heavy atom.